The second-order valence-corrected chi connectivity index (χ2v) is 5.84. The van der Waals surface area contributed by atoms with Crippen molar-refractivity contribution in [3.63, 3.8) is 0 Å². The van der Waals surface area contributed by atoms with Gasteiger partial charge in [-0.15, -0.1) is 0 Å². The van der Waals surface area contributed by atoms with Crippen molar-refractivity contribution in [3.8, 4) is 0 Å². The molecule has 1 aliphatic rings. The summed E-state index contributed by atoms with van der Waals surface area (Å²) in [5.74, 6) is 0.298. The van der Waals surface area contributed by atoms with E-state index in [1.165, 1.54) is 12.1 Å². The molecule has 3 rings (SSSR count). The maximum absolute atomic E-state index is 13.2. The third kappa shape index (κ3) is 3.33. The average molecular weight is 312 g/mol. The van der Waals surface area contributed by atoms with Gasteiger partial charge in [-0.1, -0.05) is 12.1 Å². The standard InChI is InChI=1S/C18H19FN3O/c1-13-10-14(2)17(20-12-13)21-6-8-22(9-7-21)18(23)15-4-3-5-16(19)11-15/h3-5,10,12H,6-9H2,1-2H3. The molecule has 0 N–H and O–H groups in total. The second kappa shape index (κ2) is 6.36. The number of hydrogen-bond acceptors (Lipinski definition) is 3. The molecule has 0 unspecified atom stereocenters. The fraction of sp³-hybridized carbons (Fsp3) is 0.333. The summed E-state index contributed by atoms with van der Waals surface area (Å²) in [7, 11) is 0. The topological polar surface area (TPSA) is 36.4 Å². The number of halogens is 1. The second-order valence-electron chi connectivity index (χ2n) is 5.84. The summed E-state index contributed by atoms with van der Waals surface area (Å²) < 4.78 is 13.2. The summed E-state index contributed by atoms with van der Waals surface area (Å²) >= 11 is 0. The van der Waals surface area contributed by atoms with Crippen LogP contribution in [-0.2, 0) is 0 Å². The lowest BCUT2D eigenvalue weighted by molar-refractivity contribution is 0.0745. The molecule has 1 amide bonds. The van der Waals surface area contributed by atoms with E-state index >= 15 is 0 Å². The van der Waals surface area contributed by atoms with Crippen molar-refractivity contribution >= 4 is 11.7 Å². The van der Waals surface area contributed by atoms with Crippen LogP contribution in [0.15, 0.2) is 30.5 Å². The summed E-state index contributed by atoms with van der Waals surface area (Å²) in [6.07, 6.45) is 1.86. The van der Waals surface area contributed by atoms with Crippen LogP contribution in [0.1, 0.15) is 21.5 Å². The maximum atomic E-state index is 13.2. The molecule has 1 aromatic carbocycles. The molecule has 119 valence electrons. The van der Waals surface area contributed by atoms with Gasteiger partial charge in [0.15, 0.2) is 0 Å². The van der Waals surface area contributed by atoms with Crippen molar-refractivity contribution in [2.75, 3.05) is 31.1 Å². The number of nitrogens with zero attached hydrogens (tertiary/aromatic N) is 3. The molecule has 0 aliphatic carbocycles. The molecule has 1 aliphatic heterocycles. The van der Waals surface area contributed by atoms with Crippen molar-refractivity contribution in [1.82, 2.24) is 9.88 Å². The Kier molecular flexibility index (Phi) is 4.28. The fourth-order valence-corrected chi connectivity index (χ4v) is 2.90. The molecule has 0 saturated carbocycles. The first kappa shape index (κ1) is 15.5. The Hall–Kier alpha value is -2.43. The molecule has 2 heterocycles. The Morgan fingerprint density at radius 3 is 2.61 bits per heavy atom. The minimum Gasteiger partial charge on any atom is -0.353 e. The Balaban J connectivity index is 1.67. The summed E-state index contributed by atoms with van der Waals surface area (Å²) in [6.45, 7) is 6.71. The monoisotopic (exact) mass is 312 g/mol. The van der Waals surface area contributed by atoms with Crippen molar-refractivity contribution in [3.05, 3.63) is 59.0 Å². The first-order valence-corrected chi connectivity index (χ1v) is 7.70. The number of piperazine rings is 1. The van der Waals surface area contributed by atoms with E-state index in [-0.39, 0.29) is 11.5 Å². The van der Waals surface area contributed by atoms with E-state index in [2.05, 4.69) is 28.9 Å². The van der Waals surface area contributed by atoms with E-state index in [1.54, 1.807) is 11.0 Å². The van der Waals surface area contributed by atoms with Crippen LogP contribution in [0.3, 0.4) is 0 Å². The lowest BCUT2D eigenvalue weighted by atomic mass is 10.1. The number of benzene rings is 1. The molecule has 0 atom stereocenters. The van der Waals surface area contributed by atoms with Crippen molar-refractivity contribution in [2.24, 2.45) is 0 Å². The van der Waals surface area contributed by atoms with E-state index in [0.29, 0.717) is 13.1 Å². The van der Waals surface area contributed by atoms with Crippen LogP contribution in [0.4, 0.5) is 10.2 Å². The van der Waals surface area contributed by atoms with Crippen LogP contribution < -0.4 is 4.90 Å². The van der Waals surface area contributed by atoms with Crippen LogP contribution >= 0.6 is 0 Å². The molecule has 1 aromatic heterocycles. The van der Waals surface area contributed by atoms with Gasteiger partial charge in [0.05, 0.1) is 5.56 Å². The third-order valence-electron chi connectivity index (χ3n) is 4.04. The van der Waals surface area contributed by atoms with Gasteiger partial charge in [-0.05, 0) is 37.1 Å². The number of hydrogen-bond donors (Lipinski definition) is 0. The fourth-order valence-electron chi connectivity index (χ4n) is 2.90. The zero-order valence-electron chi connectivity index (χ0n) is 13.3. The smallest absolute Gasteiger partial charge is 0.254 e. The highest BCUT2D eigenvalue weighted by Crippen LogP contribution is 2.20. The summed E-state index contributed by atoms with van der Waals surface area (Å²) in [5.41, 5.74) is 2.56. The predicted molar refractivity (Wildman–Crippen MR) is 87.1 cm³/mol. The highest BCUT2D eigenvalue weighted by atomic mass is 19.1. The minimum atomic E-state index is -0.506. The van der Waals surface area contributed by atoms with Crippen LogP contribution in [0.25, 0.3) is 0 Å². The molecule has 4 nitrogen and oxygen atoms in total. The van der Waals surface area contributed by atoms with Crippen molar-refractivity contribution < 1.29 is 9.18 Å². The van der Waals surface area contributed by atoms with Crippen molar-refractivity contribution in [1.29, 1.82) is 0 Å². The quantitative estimate of drug-likeness (QED) is 0.855. The lowest BCUT2D eigenvalue weighted by Gasteiger charge is -2.36. The summed E-state index contributed by atoms with van der Waals surface area (Å²) in [6, 6.07) is 9.02. The number of aromatic nitrogens is 1. The molecule has 1 saturated heterocycles. The Labute approximate surface area is 135 Å². The molecule has 2 aromatic rings. The Morgan fingerprint density at radius 1 is 1.22 bits per heavy atom. The van der Waals surface area contributed by atoms with Gasteiger partial charge in [0.1, 0.15) is 11.6 Å². The van der Waals surface area contributed by atoms with E-state index < -0.39 is 5.82 Å². The van der Waals surface area contributed by atoms with E-state index in [0.717, 1.165) is 30.0 Å². The normalized spacial score (nSPS) is 14.9. The molecule has 23 heavy (non-hydrogen) atoms. The summed E-state index contributed by atoms with van der Waals surface area (Å²) in [5, 5.41) is 0. The lowest BCUT2D eigenvalue weighted by Crippen LogP contribution is -2.49. The zero-order valence-corrected chi connectivity index (χ0v) is 13.3. The van der Waals surface area contributed by atoms with Gasteiger partial charge in [0, 0.05) is 38.4 Å². The molecule has 1 fully saturated rings. The van der Waals surface area contributed by atoms with E-state index in [4.69, 9.17) is 0 Å². The SMILES string of the molecule is Cc1cnc(N2CCN(C(=O)c3[c]c(F)ccc3)CC2)c(C)c1. The number of aryl methyl sites for hydroxylation is 2. The van der Waals surface area contributed by atoms with E-state index in [1.807, 2.05) is 13.1 Å². The highest BCUT2D eigenvalue weighted by molar-refractivity contribution is 5.94. The van der Waals surface area contributed by atoms with Gasteiger partial charge in [-0.25, -0.2) is 9.37 Å². The van der Waals surface area contributed by atoms with Gasteiger partial charge in [0.2, 0.25) is 0 Å². The van der Waals surface area contributed by atoms with Gasteiger partial charge < -0.3 is 9.80 Å². The molecule has 0 spiro atoms. The Bertz CT molecular complexity index is 724. The number of amides is 1. The van der Waals surface area contributed by atoms with Crippen LogP contribution in [0, 0.1) is 25.7 Å². The van der Waals surface area contributed by atoms with Gasteiger partial charge in [0.25, 0.3) is 5.91 Å². The largest absolute Gasteiger partial charge is 0.353 e. The average Bonchev–Trinajstić information content (AvgIpc) is 2.54. The number of carbonyl (C=O) groups is 1. The van der Waals surface area contributed by atoms with Crippen LogP contribution in [0.5, 0.6) is 0 Å². The predicted octanol–water partition coefficient (Wildman–Crippen LogP) is 2.60. The number of rotatable bonds is 2. The zero-order chi connectivity index (χ0) is 16.4. The van der Waals surface area contributed by atoms with Gasteiger partial charge in [-0.2, -0.15) is 0 Å². The number of anilines is 1. The van der Waals surface area contributed by atoms with Gasteiger partial charge in [-0.3, -0.25) is 4.79 Å². The third-order valence-corrected chi connectivity index (χ3v) is 4.04. The molecular formula is C18H19FN3O. The first-order valence-electron chi connectivity index (χ1n) is 7.70. The van der Waals surface area contributed by atoms with Crippen LogP contribution in [-0.4, -0.2) is 42.0 Å². The molecule has 0 bridgehead atoms. The molecular weight excluding hydrogens is 293 g/mol. The van der Waals surface area contributed by atoms with E-state index in [9.17, 15) is 9.18 Å². The van der Waals surface area contributed by atoms with Crippen LogP contribution in [0.2, 0.25) is 0 Å². The number of carbonyl (C=O) groups excluding carboxylic acids is 1. The summed E-state index contributed by atoms with van der Waals surface area (Å²) in [4.78, 5) is 20.8. The maximum Gasteiger partial charge on any atom is 0.254 e. The molecule has 1 radical (unpaired) electrons. The first-order chi connectivity index (χ1) is 11.0. The minimum absolute atomic E-state index is 0.169. The number of pyridine rings is 1. The highest BCUT2D eigenvalue weighted by Gasteiger charge is 2.23. The van der Waals surface area contributed by atoms with Crippen molar-refractivity contribution in [2.45, 2.75) is 13.8 Å². The Morgan fingerprint density at radius 2 is 1.96 bits per heavy atom. The molecule has 5 heteroatoms. The van der Waals surface area contributed by atoms with Gasteiger partial charge >= 0.3 is 0 Å².